The molecule has 0 spiro atoms. The molecule has 1 aromatic rings. The van der Waals surface area contributed by atoms with E-state index in [2.05, 4.69) is 5.32 Å². The standard InChI is InChI=1S/C12H16N2O2/c1-14(10-7-13-8-11(10)15)12(16)9-5-3-2-4-6-9/h2-6,10-11,13,15H,7-8H2,1H3/t10-,11-/m1/s1. The van der Waals surface area contributed by atoms with Gasteiger partial charge in [-0.3, -0.25) is 4.79 Å². The first-order valence-electron chi connectivity index (χ1n) is 5.41. The Morgan fingerprint density at radius 1 is 1.38 bits per heavy atom. The van der Waals surface area contributed by atoms with Gasteiger partial charge in [-0.05, 0) is 12.1 Å². The Morgan fingerprint density at radius 3 is 2.62 bits per heavy atom. The second-order valence-electron chi connectivity index (χ2n) is 4.08. The minimum atomic E-state index is -0.474. The first-order chi connectivity index (χ1) is 7.70. The zero-order valence-corrected chi connectivity index (χ0v) is 9.26. The summed E-state index contributed by atoms with van der Waals surface area (Å²) in [5.74, 6) is -0.0478. The molecule has 1 amide bonds. The van der Waals surface area contributed by atoms with Crippen molar-refractivity contribution in [3.63, 3.8) is 0 Å². The largest absolute Gasteiger partial charge is 0.390 e. The smallest absolute Gasteiger partial charge is 0.253 e. The monoisotopic (exact) mass is 220 g/mol. The Labute approximate surface area is 94.9 Å². The summed E-state index contributed by atoms with van der Waals surface area (Å²) in [6.45, 7) is 1.20. The molecule has 1 fully saturated rings. The van der Waals surface area contributed by atoms with Crippen LogP contribution in [-0.4, -0.2) is 48.2 Å². The van der Waals surface area contributed by atoms with Crippen molar-refractivity contribution in [3.8, 4) is 0 Å². The maximum atomic E-state index is 12.1. The van der Waals surface area contributed by atoms with E-state index < -0.39 is 6.10 Å². The topological polar surface area (TPSA) is 52.6 Å². The minimum Gasteiger partial charge on any atom is -0.390 e. The van der Waals surface area contributed by atoms with Crippen molar-refractivity contribution in [3.05, 3.63) is 35.9 Å². The van der Waals surface area contributed by atoms with E-state index in [1.807, 2.05) is 18.2 Å². The molecule has 0 bridgehead atoms. The lowest BCUT2D eigenvalue weighted by atomic mass is 10.1. The molecule has 0 aliphatic carbocycles. The number of rotatable bonds is 2. The number of carbonyl (C=O) groups is 1. The Balaban J connectivity index is 2.10. The molecule has 0 saturated carbocycles. The molecule has 4 nitrogen and oxygen atoms in total. The van der Waals surface area contributed by atoms with Crippen molar-refractivity contribution in [1.29, 1.82) is 0 Å². The van der Waals surface area contributed by atoms with Crippen LogP contribution in [0.4, 0.5) is 0 Å². The Bertz CT molecular complexity index is 367. The normalized spacial score (nSPS) is 24.4. The maximum absolute atomic E-state index is 12.1. The van der Waals surface area contributed by atoms with Crippen LogP contribution < -0.4 is 5.32 Å². The van der Waals surface area contributed by atoms with Gasteiger partial charge in [0.1, 0.15) is 0 Å². The summed E-state index contributed by atoms with van der Waals surface area (Å²) in [7, 11) is 1.73. The number of aliphatic hydroxyl groups is 1. The molecule has 86 valence electrons. The van der Waals surface area contributed by atoms with Crippen LogP contribution in [0, 0.1) is 0 Å². The summed E-state index contributed by atoms with van der Waals surface area (Å²) in [6, 6.07) is 8.99. The fourth-order valence-corrected chi connectivity index (χ4v) is 1.98. The third-order valence-corrected chi connectivity index (χ3v) is 2.99. The van der Waals surface area contributed by atoms with Crippen LogP contribution >= 0.6 is 0 Å². The third kappa shape index (κ3) is 2.08. The lowest BCUT2D eigenvalue weighted by molar-refractivity contribution is 0.0581. The van der Waals surface area contributed by atoms with Crippen molar-refractivity contribution in [2.24, 2.45) is 0 Å². The van der Waals surface area contributed by atoms with Crippen molar-refractivity contribution in [2.45, 2.75) is 12.1 Å². The number of nitrogens with one attached hydrogen (secondary N) is 1. The van der Waals surface area contributed by atoms with Crippen LogP contribution in [0.2, 0.25) is 0 Å². The Hall–Kier alpha value is -1.39. The van der Waals surface area contributed by atoms with E-state index in [1.54, 1.807) is 24.1 Å². The van der Waals surface area contributed by atoms with Gasteiger partial charge in [0.25, 0.3) is 5.91 Å². The zero-order chi connectivity index (χ0) is 11.5. The number of benzene rings is 1. The predicted octanol–water partition coefficient (Wildman–Crippen LogP) is 0.0913. The van der Waals surface area contributed by atoms with Crippen LogP contribution in [0.1, 0.15) is 10.4 Å². The van der Waals surface area contributed by atoms with Gasteiger partial charge in [-0.15, -0.1) is 0 Å². The van der Waals surface area contributed by atoms with Gasteiger partial charge in [0.05, 0.1) is 12.1 Å². The van der Waals surface area contributed by atoms with Crippen molar-refractivity contribution in [1.82, 2.24) is 10.2 Å². The summed E-state index contributed by atoms with van der Waals surface area (Å²) in [6.07, 6.45) is -0.474. The summed E-state index contributed by atoms with van der Waals surface area (Å²) in [4.78, 5) is 13.7. The fraction of sp³-hybridized carbons (Fsp3) is 0.417. The molecular formula is C12H16N2O2. The van der Waals surface area contributed by atoms with E-state index in [4.69, 9.17) is 0 Å². The van der Waals surface area contributed by atoms with Crippen LogP contribution in [0.15, 0.2) is 30.3 Å². The van der Waals surface area contributed by atoms with E-state index in [1.165, 1.54) is 0 Å². The molecule has 1 aliphatic rings. The Kier molecular flexibility index (Phi) is 3.22. The number of hydrogen-bond acceptors (Lipinski definition) is 3. The highest BCUT2D eigenvalue weighted by molar-refractivity contribution is 5.94. The van der Waals surface area contributed by atoms with E-state index in [0.717, 1.165) is 0 Å². The summed E-state index contributed by atoms with van der Waals surface area (Å²) >= 11 is 0. The minimum absolute atomic E-state index is 0.0478. The lowest BCUT2D eigenvalue weighted by Gasteiger charge is -2.26. The van der Waals surface area contributed by atoms with Crippen LogP contribution in [0.3, 0.4) is 0 Å². The molecule has 2 atom stereocenters. The SMILES string of the molecule is CN(C(=O)c1ccccc1)[C@@H]1CNC[C@H]1O. The summed E-state index contributed by atoms with van der Waals surface area (Å²) in [5, 5.41) is 12.8. The van der Waals surface area contributed by atoms with Gasteiger partial charge in [0.15, 0.2) is 0 Å². The lowest BCUT2D eigenvalue weighted by Crippen LogP contribution is -2.44. The first-order valence-corrected chi connectivity index (χ1v) is 5.41. The molecule has 4 heteroatoms. The van der Waals surface area contributed by atoms with Gasteiger partial charge in [-0.1, -0.05) is 18.2 Å². The zero-order valence-electron chi connectivity index (χ0n) is 9.26. The van der Waals surface area contributed by atoms with Crippen molar-refractivity contribution < 1.29 is 9.90 Å². The second-order valence-corrected chi connectivity index (χ2v) is 4.08. The number of hydrogen-bond donors (Lipinski definition) is 2. The molecule has 1 aliphatic heterocycles. The predicted molar refractivity (Wildman–Crippen MR) is 61.2 cm³/mol. The molecule has 0 unspecified atom stereocenters. The van der Waals surface area contributed by atoms with Crippen molar-refractivity contribution in [2.75, 3.05) is 20.1 Å². The fourth-order valence-electron chi connectivity index (χ4n) is 1.98. The number of aliphatic hydroxyl groups excluding tert-OH is 1. The van der Waals surface area contributed by atoms with E-state index in [9.17, 15) is 9.90 Å². The average Bonchev–Trinajstić information content (AvgIpc) is 2.75. The van der Waals surface area contributed by atoms with Gasteiger partial charge in [-0.25, -0.2) is 0 Å². The quantitative estimate of drug-likeness (QED) is 0.743. The number of β-amino-alcohol motifs (C(OH)–C–C–N with tert-alkyl or cyclic N) is 1. The van der Waals surface area contributed by atoms with Gasteiger partial charge in [0, 0.05) is 25.7 Å². The van der Waals surface area contributed by atoms with Gasteiger partial charge < -0.3 is 15.3 Å². The molecule has 1 saturated heterocycles. The molecule has 1 heterocycles. The number of amides is 1. The highest BCUT2D eigenvalue weighted by Crippen LogP contribution is 2.11. The molecule has 16 heavy (non-hydrogen) atoms. The van der Waals surface area contributed by atoms with Gasteiger partial charge in [0.2, 0.25) is 0 Å². The van der Waals surface area contributed by atoms with E-state index in [0.29, 0.717) is 18.7 Å². The van der Waals surface area contributed by atoms with Gasteiger partial charge >= 0.3 is 0 Å². The van der Waals surface area contributed by atoms with Crippen LogP contribution in [0.25, 0.3) is 0 Å². The highest BCUT2D eigenvalue weighted by atomic mass is 16.3. The number of carbonyl (C=O) groups excluding carboxylic acids is 1. The molecule has 0 aromatic heterocycles. The molecule has 2 N–H and O–H groups in total. The number of nitrogens with zero attached hydrogens (tertiary/aromatic N) is 1. The third-order valence-electron chi connectivity index (χ3n) is 2.99. The first kappa shape index (κ1) is 11.1. The summed E-state index contributed by atoms with van der Waals surface area (Å²) < 4.78 is 0. The number of likely N-dealkylation sites (N-methyl/N-ethyl adjacent to an activating group) is 1. The maximum Gasteiger partial charge on any atom is 0.253 e. The van der Waals surface area contributed by atoms with Crippen LogP contribution in [0.5, 0.6) is 0 Å². The molecule has 2 rings (SSSR count). The van der Waals surface area contributed by atoms with Crippen molar-refractivity contribution >= 4 is 5.91 Å². The summed E-state index contributed by atoms with van der Waals surface area (Å²) in [5.41, 5.74) is 0.657. The van der Waals surface area contributed by atoms with Crippen LogP contribution in [-0.2, 0) is 0 Å². The highest BCUT2D eigenvalue weighted by Gasteiger charge is 2.31. The molecular weight excluding hydrogens is 204 g/mol. The second kappa shape index (κ2) is 4.63. The van der Waals surface area contributed by atoms with E-state index in [-0.39, 0.29) is 11.9 Å². The average molecular weight is 220 g/mol. The molecule has 0 radical (unpaired) electrons. The Morgan fingerprint density at radius 2 is 2.06 bits per heavy atom. The molecule has 1 aromatic carbocycles. The van der Waals surface area contributed by atoms with E-state index >= 15 is 0 Å². The van der Waals surface area contributed by atoms with Gasteiger partial charge in [-0.2, -0.15) is 0 Å².